The number of methoxy groups -OCH3 is 1. The van der Waals surface area contributed by atoms with E-state index in [9.17, 15) is 4.79 Å². The van der Waals surface area contributed by atoms with Crippen molar-refractivity contribution in [2.45, 2.75) is 38.5 Å². The van der Waals surface area contributed by atoms with E-state index in [1.807, 2.05) is 0 Å². The molecule has 1 aromatic rings. The van der Waals surface area contributed by atoms with Gasteiger partial charge in [0, 0.05) is 13.0 Å². The maximum atomic E-state index is 12.1. The van der Waals surface area contributed by atoms with Gasteiger partial charge in [-0.1, -0.05) is 0 Å². The summed E-state index contributed by atoms with van der Waals surface area (Å²) in [5, 5.41) is 0. The van der Waals surface area contributed by atoms with Crippen molar-refractivity contribution in [2.24, 2.45) is 0 Å². The molecule has 7 nitrogen and oxygen atoms in total. The molecule has 7 heteroatoms. The number of hydrogen-bond donors (Lipinski definition) is 0. The van der Waals surface area contributed by atoms with Crippen molar-refractivity contribution in [1.82, 2.24) is 19.4 Å². The summed E-state index contributed by atoms with van der Waals surface area (Å²) < 4.78 is 5.94. The third-order valence-corrected chi connectivity index (χ3v) is 4.62. The molecule has 1 aromatic heterocycles. The fourth-order valence-electron chi connectivity index (χ4n) is 3.22. The second-order valence-electron chi connectivity index (χ2n) is 6.33. The minimum Gasteiger partial charge on any atom is -0.467 e. The third kappa shape index (κ3) is 2.90. The van der Waals surface area contributed by atoms with E-state index >= 15 is 0 Å². The number of quaternary nitrogens is 1. The lowest BCUT2D eigenvalue weighted by Gasteiger charge is -2.35. The van der Waals surface area contributed by atoms with Crippen LogP contribution >= 0.6 is 0 Å². The first-order chi connectivity index (χ1) is 10.6. The Bertz CT molecular complexity index is 557. The molecule has 0 aliphatic carbocycles. The summed E-state index contributed by atoms with van der Waals surface area (Å²) in [5.74, 6) is 1.24. The Morgan fingerprint density at radius 3 is 2.50 bits per heavy atom. The van der Waals surface area contributed by atoms with Gasteiger partial charge in [0.2, 0.25) is 11.9 Å². The normalized spacial score (nSPS) is 21.7. The van der Waals surface area contributed by atoms with Crippen LogP contribution in [0.3, 0.4) is 0 Å². The average Bonchev–Trinajstić information content (AvgIpc) is 2.55. The SMILES string of the molecule is COc1nc(N2CCCCC2=O)nc([N+]2(C)CCCCC2)n1. The lowest BCUT2D eigenvalue weighted by Crippen LogP contribution is -2.50. The Balaban J connectivity index is 1.97. The summed E-state index contributed by atoms with van der Waals surface area (Å²) in [7, 11) is 3.70. The number of carbonyl (C=O) groups excluding carboxylic acids is 1. The molecule has 2 fully saturated rings. The Kier molecular flexibility index (Phi) is 4.24. The predicted octanol–water partition coefficient (Wildman–Crippen LogP) is 1.52. The van der Waals surface area contributed by atoms with E-state index in [0.717, 1.165) is 25.9 Å². The summed E-state index contributed by atoms with van der Waals surface area (Å²) in [6, 6.07) is 0.295. The summed E-state index contributed by atoms with van der Waals surface area (Å²) in [5.41, 5.74) is 0. The fourth-order valence-corrected chi connectivity index (χ4v) is 3.22. The highest BCUT2D eigenvalue weighted by Crippen LogP contribution is 2.27. The van der Waals surface area contributed by atoms with E-state index in [2.05, 4.69) is 22.0 Å². The van der Waals surface area contributed by atoms with Crippen LogP contribution in [0.1, 0.15) is 38.5 Å². The molecular weight excluding hydrogens is 282 g/mol. The van der Waals surface area contributed by atoms with Gasteiger partial charge in [-0.25, -0.2) is 0 Å². The van der Waals surface area contributed by atoms with Crippen LogP contribution in [-0.4, -0.2) is 54.7 Å². The van der Waals surface area contributed by atoms with E-state index in [-0.39, 0.29) is 5.91 Å². The molecule has 0 unspecified atom stereocenters. The molecule has 22 heavy (non-hydrogen) atoms. The lowest BCUT2D eigenvalue weighted by molar-refractivity contribution is -0.119. The van der Waals surface area contributed by atoms with E-state index in [1.54, 1.807) is 12.0 Å². The number of rotatable bonds is 3. The number of piperidine rings is 2. The zero-order valence-corrected chi connectivity index (χ0v) is 13.4. The van der Waals surface area contributed by atoms with Gasteiger partial charge in [-0.05, 0) is 32.1 Å². The monoisotopic (exact) mass is 306 g/mol. The smallest absolute Gasteiger partial charge is 0.336 e. The van der Waals surface area contributed by atoms with Gasteiger partial charge in [-0.3, -0.25) is 14.2 Å². The molecular formula is C15H24N5O2+. The van der Waals surface area contributed by atoms with Crippen LogP contribution in [0.2, 0.25) is 0 Å². The first kappa shape index (κ1) is 15.1. The van der Waals surface area contributed by atoms with Gasteiger partial charge in [0.15, 0.2) is 0 Å². The van der Waals surface area contributed by atoms with E-state index < -0.39 is 0 Å². The highest BCUT2D eigenvalue weighted by molar-refractivity contribution is 5.92. The number of carbonyl (C=O) groups is 1. The van der Waals surface area contributed by atoms with Crippen molar-refractivity contribution in [3.63, 3.8) is 0 Å². The number of nitrogens with zero attached hydrogens (tertiary/aromatic N) is 5. The third-order valence-electron chi connectivity index (χ3n) is 4.62. The minimum absolute atomic E-state index is 0.0896. The summed E-state index contributed by atoms with van der Waals surface area (Å²) in [6.07, 6.45) is 6.09. The van der Waals surface area contributed by atoms with Crippen molar-refractivity contribution in [3.05, 3.63) is 0 Å². The molecule has 2 aliphatic rings. The van der Waals surface area contributed by atoms with Gasteiger partial charge in [-0.15, -0.1) is 9.97 Å². The molecule has 3 rings (SSSR count). The van der Waals surface area contributed by atoms with Crippen LogP contribution in [0.5, 0.6) is 6.01 Å². The minimum atomic E-state index is 0.0896. The van der Waals surface area contributed by atoms with Gasteiger partial charge < -0.3 is 4.74 Å². The molecule has 1 amide bonds. The second-order valence-corrected chi connectivity index (χ2v) is 6.33. The highest BCUT2D eigenvalue weighted by Gasteiger charge is 2.33. The van der Waals surface area contributed by atoms with Gasteiger partial charge in [0.05, 0.1) is 27.2 Å². The molecule has 0 N–H and O–H groups in total. The molecule has 2 saturated heterocycles. The molecule has 0 bridgehead atoms. The lowest BCUT2D eigenvalue weighted by atomic mass is 10.1. The topological polar surface area (TPSA) is 68.2 Å². The Morgan fingerprint density at radius 2 is 1.82 bits per heavy atom. The number of aromatic nitrogens is 3. The molecule has 2 aliphatic heterocycles. The molecule has 0 spiro atoms. The fraction of sp³-hybridized carbons (Fsp3) is 0.733. The number of likely N-dealkylation sites (tertiary alicyclic amines) is 1. The first-order valence-corrected chi connectivity index (χ1v) is 8.08. The van der Waals surface area contributed by atoms with E-state index in [4.69, 9.17) is 4.74 Å². The van der Waals surface area contributed by atoms with Gasteiger partial charge >= 0.3 is 12.0 Å². The van der Waals surface area contributed by atoms with Crippen molar-refractivity contribution in [2.75, 3.05) is 38.7 Å². The zero-order valence-electron chi connectivity index (χ0n) is 13.4. The zero-order chi connectivity index (χ0) is 15.6. The summed E-state index contributed by atoms with van der Waals surface area (Å²) >= 11 is 0. The predicted molar refractivity (Wildman–Crippen MR) is 83.9 cm³/mol. The van der Waals surface area contributed by atoms with Crippen molar-refractivity contribution >= 4 is 17.8 Å². The Hall–Kier alpha value is -1.76. The molecule has 3 heterocycles. The Morgan fingerprint density at radius 1 is 1.05 bits per heavy atom. The summed E-state index contributed by atoms with van der Waals surface area (Å²) in [4.78, 5) is 27.2. The quantitative estimate of drug-likeness (QED) is 0.792. The molecule has 0 radical (unpaired) electrons. The van der Waals surface area contributed by atoms with Crippen molar-refractivity contribution in [1.29, 1.82) is 0 Å². The van der Waals surface area contributed by atoms with Crippen LogP contribution < -0.4 is 14.1 Å². The molecule has 0 aromatic carbocycles. The van der Waals surface area contributed by atoms with E-state index in [1.165, 1.54) is 19.3 Å². The number of ether oxygens (including phenoxy) is 1. The van der Waals surface area contributed by atoms with Crippen LogP contribution in [0.4, 0.5) is 11.9 Å². The molecule has 0 saturated carbocycles. The van der Waals surface area contributed by atoms with Gasteiger partial charge in [0.1, 0.15) is 0 Å². The van der Waals surface area contributed by atoms with Crippen LogP contribution in [0.15, 0.2) is 0 Å². The molecule has 120 valence electrons. The van der Waals surface area contributed by atoms with Crippen LogP contribution in [0.25, 0.3) is 0 Å². The highest BCUT2D eigenvalue weighted by atomic mass is 16.5. The van der Waals surface area contributed by atoms with Crippen LogP contribution in [-0.2, 0) is 4.79 Å². The maximum absolute atomic E-state index is 12.1. The Labute approximate surface area is 130 Å². The van der Waals surface area contributed by atoms with Crippen molar-refractivity contribution < 1.29 is 9.53 Å². The molecule has 0 atom stereocenters. The second kappa shape index (κ2) is 6.16. The number of anilines is 1. The number of amides is 1. The summed E-state index contributed by atoms with van der Waals surface area (Å²) in [6.45, 7) is 2.70. The van der Waals surface area contributed by atoms with Crippen molar-refractivity contribution in [3.8, 4) is 6.01 Å². The van der Waals surface area contributed by atoms with Gasteiger partial charge in [-0.2, -0.15) is 4.98 Å². The maximum Gasteiger partial charge on any atom is 0.336 e. The van der Waals surface area contributed by atoms with E-state index in [0.29, 0.717) is 35.4 Å². The standard InChI is InChI=1S/C15H24N5O2/c1-20(10-6-3-7-11-20)14-16-13(17-15(18-14)22-2)19-9-5-4-8-12(19)21/h3-11H2,1-2H3/q+1. The van der Waals surface area contributed by atoms with Crippen LogP contribution in [0, 0.1) is 0 Å². The number of hydrogen-bond acceptors (Lipinski definition) is 5. The average molecular weight is 306 g/mol. The largest absolute Gasteiger partial charge is 0.467 e. The first-order valence-electron chi connectivity index (χ1n) is 8.08. The van der Waals surface area contributed by atoms with Gasteiger partial charge in [0.25, 0.3) is 0 Å².